The van der Waals surface area contributed by atoms with Gasteiger partial charge in [-0.15, -0.1) is 0 Å². The summed E-state index contributed by atoms with van der Waals surface area (Å²) in [6.07, 6.45) is 0. The molecule has 88 valence electrons. The number of carbonyl (C=O) groups is 1. The van der Waals surface area contributed by atoms with E-state index in [0.29, 0.717) is 11.5 Å². The molecule has 4 nitrogen and oxygen atoms in total. The summed E-state index contributed by atoms with van der Waals surface area (Å²) in [5.41, 5.74) is 3.44. The van der Waals surface area contributed by atoms with Crippen LogP contribution in [0.1, 0.15) is 27.2 Å². The number of benzene rings is 1. The van der Waals surface area contributed by atoms with E-state index in [1.165, 1.54) is 0 Å². The first-order chi connectivity index (χ1) is 8.00. The maximum atomic E-state index is 11.2. The van der Waals surface area contributed by atoms with Crippen LogP contribution in [0.25, 0.3) is 11.3 Å². The molecule has 2 aromatic rings. The van der Waals surface area contributed by atoms with Crippen LogP contribution in [0.15, 0.2) is 22.7 Å². The van der Waals surface area contributed by atoms with Crippen molar-refractivity contribution in [2.75, 3.05) is 0 Å². The minimum Gasteiger partial charge on any atom is -0.477 e. The van der Waals surface area contributed by atoms with E-state index >= 15 is 0 Å². The first kappa shape index (κ1) is 11.4. The van der Waals surface area contributed by atoms with E-state index in [4.69, 9.17) is 9.63 Å². The first-order valence-electron chi connectivity index (χ1n) is 5.28. The van der Waals surface area contributed by atoms with Gasteiger partial charge in [-0.1, -0.05) is 28.9 Å². The maximum Gasteiger partial charge on any atom is 0.341 e. The number of carboxylic acids is 1. The molecular formula is C13H13NO3. The summed E-state index contributed by atoms with van der Waals surface area (Å²) >= 11 is 0. The van der Waals surface area contributed by atoms with Crippen LogP contribution in [0, 0.1) is 20.8 Å². The molecule has 0 atom stereocenters. The van der Waals surface area contributed by atoms with Crippen molar-refractivity contribution in [3.8, 4) is 11.3 Å². The van der Waals surface area contributed by atoms with E-state index in [1.54, 1.807) is 6.92 Å². The normalized spacial score (nSPS) is 10.5. The zero-order chi connectivity index (χ0) is 12.6. The molecule has 0 fully saturated rings. The van der Waals surface area contributed by atoms with Gasteiger partial charge in [0.25, 0.3) is 0 Å². The van der Waals surface area contributed by atoms with Gasteiger partial charge in [-0.05, 0) is 26.3 Å². The molecule has 2 rings (SSSR count). The Kier molecular flexibility index (Phi) is 2.71. The predicted octanol–water partition coefficient (Wildman–Crippen LogP) is 2.97. The molecule has 0 aliphatic carbocycles. The van der Waals surface area contributed by atoms with Crippen molar-refractivity contribution in [2.45, 2.75) is 20.8 Å². The van der Waals surface area contributed by atoms with E-state index < -0.39 is 5.97 Å². The Morgan fingerprint density at radius 3 is 2.59 bits per heavy atom. The van der Waals surface area contributed by atoms with Crippen molar-refractivity contribution in [2.24, 2.45) is 0 Å². The molecule has 1 N–H and O–H groups in total. The molecule has 0 aliphatic rings. The predicted molar refractivity (Wildman–Crippen MR) is 63.1 cm³/mol. The molecule has 0 radical (unpaired) electrons. The standard InChI is InChI=1S/C13H13NO3/c1-7-4-5-10(8(2)6-7)12-11(13(15)16)9(3)17-14-12/h4-6H,1-3H3,(H,15,16). The molecular weight excluding hydrogens is 218 g/mol. The molecule has 0 spiro atoms. The summed E-state index contributed by atoms with van der Waals surface area (Å²) in [4.78, 5) is 11.2. The zero-order valence-corrected chi connectivity index (χ0v) is 9.94. The lowest BCUT2D eigenvalue weighted by atomic mass is 10.00. The molecule has 0 bridgehead atoms. The summed E-state index contributed by atoms with van der Waals surface area (Å²) in [5, 5.41) is 13.0. The molecule has 1 heterocycles. The van der Waals surface area contributed by atoms with Gasteiger partial charge in [0.1, 0.15) is 17.0 Å². The van der Waals surface area contributed by atoms with E-state index in [9.17, 15) is 4.79 Å². The van der Waals surface area contributed by atoms with Gasteiger partial charge in [0.2, 0.25) is 0 Å². The van der Waals surface area contributed by atoms with Crippen LogP contribution in [0.5, 0.6) is 0 Å². The number of hydrogen-bond donors (Lipinski definition) is 1. The Hall–Kier alpha value is -2.10. The second-order valence-corrected chi connectivity index (χ2v) is 4.09. The minimum absolute atomic E-state index is 0.136. The van der Waals surface area contributed by atoms with E-state index in [0.717, 1.165) is 16.7 Å². The Bertz CT molecular complexity index is 584. The largest absolute Gasteiger partial charge is 0.477 e. The molecule has 0 saturated carbocycles. The number of carboxylic acid groups (broad SMARTS) is 1. The molecule has 0 aliphatic heterocycles. The number of aromatic carboxylic acids is 1. The monoisotopic (exact) mass is 231 g/mol. The summed E-state index contributed by atoms with van der Waals surface area (Å²) in [6.45, 7) is 5.52. The van der Waals surface area contributed by atoms with Gasteiger partial charge in [-0.3, -0.25) is 0 Å². The van der Waals surface area contributed by atoms with Crippen molar-refractivity contribution in [3.05, 3.63) is 40.6 Å². The summed E-state index contributed by atoms with van der Waals surface area (Å²) in [6, 6.07) is 5.79. The summed E-state index contributed by atoms with van der Waals surface area (Å²) in [5.74, 6) is -0.689. The van der Waals surface area contributed by atoms with Crippen molar-refractivity contribution >= 4 is 5.97 Å². The Labute approximate surface area is 98.9 Å². The third kappa shape index (κ3) is 1.93. The van der Waals surface area contributed by atoms with Crippen LogP contribution in [0.3, 0.4) is 0 Å². The highest BCUT2D eigenvalue weighted by Gasteiger charge is 2.21. The Balaban J connectivity index is 2.65. The van der Waals surface area contributed by atoms with Crippen LogP contribution in [0.2, 0.25) is 0 Å². The molecule has 0 amide bonds. The molecule has 0 saturated heterocycles. The van der Waals surface area contributed by atoms with E-state index in [-0.39, 0.29) is 5.56 Å². The SMILES string of the molecule is Cc1ccc(-c2noc(C)c2C(=O)O)c(C)c1. The molecule has 0 unspecified atom stereocenters. The average molecular weight is 231 g/mol. The van der Waals surface area contributed by atoms with Crippen molar-refractivity contribution in [1.82, 2.24) is 5.16 Å². The highest BCUT2D eigenvalue weighted by molar-refractivity contribution is 5.96. The van der Waals surface area contributed by atoms with Gasteiger partial charge < -0.3 is 9.63 Å². The first-order valence-corrected chi connectivity index (χ1v) is 5.28. The highest BCUT2D eigenvalue weighted by Crippen LogP contribution is 2.28. The third-order valence-electron chi connectivity index (χ3n) is 2.71. The lowest BCUT2D eigenvalue weighted by molar-refractivity contribution is 0.0696. The van der Waals surface area contributed by atoms with Gasteiger partial charge in [0.15, 0.2) is 0 Å². The highest BCUT2D eigenvalue weighted by atomic mass is 16.5. The Morgan fingerprint density at radius 2 is 2.00 bits per heavy atom. The lowest BCUT2D eigenvalue weighted by Gasteiger charge is -2.04. The fourth-order valence-electron chi connectivity index (χ4n) is 1.89. The van der Waals surface area contributed by atoms with Crippen LogP contribution in [-0.2, 0) is 0 Å². The summed E-state index contributed by atoms with van der Waals surface area (Å²) in [7, 11) is 0. The fourth-order valence-corrected chi connectivity index (χ4v) is 1.89. The quantitative estimate of drug-likeness (QED) is 0.863. The van der Waals surface area contributed by atoms with E-state index in [2.05, 4.69) is 5.16 Å². The number of aromatic nitrogens is 1. The van der Waals surface area contributed by atoms with Crippen LogP contribution >= 0.6 is 0 Å². The number of nitrogens with zero attached hydrogens (tertiary/aromatic N) is 1. The topological polar surface area (TPSA) is 63.3 Å². The second-order valence-electron chi connectivity index (χ2n) is 4.09. The Morgan fingerprint density at radius 1 is 1.29 bits per heavy atom. The van der Waals surface area contributed by atoms with Crippen LogP contribution in [0.4, 0.5) is 0 Å². The van der Waals surface area contributed by atoms with Crippen molar-refractivity contribution in [3.63, 3.8) is 0 Å². The van der Waals surface area contributed by atoms with Crippen LogP contribution in [-0.4, -0.2) is 16.2 Å². The van der Waals surface area contributed by atoms with Crippen LogP contribution < -0.4 is 0 Å². The zero-order valence-electron chi connectivity index (χ0n) is 9.94. The van der Waals surface area contributed by atoms with Gasteiger partial charge in [0, 0.05) is 5.56 Å². The third-order valence-corrected chi connectivity index (χ3v) is 2.71. The molecule has 1 aromatic carbocycles. The lowest BCUT2D eigenvalue weighted by Crippen LogP contribution is -2.00. The average Bonchev–Trinajstić information content (AvgIpc) is 2.60. The molecule has 17 heavy (non-hydrogen) atoms. The molecule has 1 aromatic heterocycles. The van der Waals surface area contributed by atoms with Gasteiger partial charge >= 0.3 is 5.97 Å². The van der Waals surface area contributed by atoms with Gasteiger partial charge in [0.05, 0.1) is 0 Å². The number of hydrogen-bond acceptors (Lipinski definition) is 3. The number of aryl methyl sites for hydroxylation is 3. The smallest absolute Gasteiger partial charge is 0.341 e. The second kappa shape index (κ2) is 4.05. The van der Waals surface area contributed by atoms with E-state index in [1.807, 2.05) is 32.0 Å². The minimum atomic E-state index is -1.02. The molecule has 4 heteroatoms. The summed E-state index contributed by atoms with van der Waals surface area (Å²) < 4.78 is 4.97. The van der Waals surface area contributed by atoms with Gasteiger partial charge in [-0.25, -0.2) is 4.79 Å². The van der Waals surface area contributed by atoms with Crippen molar-refractivity contribution in [1.29, 1.82) is 0 Å². The number of rotatable bonds is 2. The fraction of sp³-hybridized carbons (Fsp3) is 0.231. The van der Waals surface area contributed by atoms with Crippen molar-refractivity contribution < 1.29 is 14.4 Å². The maximum absolute atomic E-state index is 11.2. The van der Waals surface area contributed by atoms with Gasteiger partial charge in [-0.2, -0.15) is 0 Å².